The van der Waals surface area contributed by atoms with E-state index in [1.165, 1.54) is 16.1 Å². The SMILES string of the molecule is CCNC(=NCc1cccc(CN(C)CC)c1)NC1CCN(c2cccs2)CC1. The topological polar surface area (TPSA) is 42.9 Å². The predicted octanol–water partition coefficient (Wildman–Crippen LogP) is 3.92. The van der Waals surface area contributed by atoms with E-state index in [1.54, 1.807) is 0 Å². The molecular weight excluding hydrogens is 378 g/mol. The average Bonchev–Trinajstić information content (AvgIpc) is 3.28. The van der Waals surface area contributed by atoms with Crippen molar-refractivity contribution in [1.82, 2.24) is 15.5 Å². The standard InChI is InChI=1S/C23H35N5S/c1-4-24-23(25-17-19-8-6-9-20(16-19)18-27(3)5-2)26-21-11-13-28(14-12-21)22-10-7-15-29-22/h6-10,15-16,21H,4-5,11-14,17-18H2,1-3H3,(H2,24,25,26). The number of thiophene rings is 1. The Morgan fingerprint density at radius 2 is 1.97 bits per heavy atom. The highest BCUT2D eigenvalue weighted by atomic mass is 32.1. The largest absolute Gasteiger partial charge is 0.363 e. The number of piperidine rings is 1. The van der Waals surface area contributed by atoms with Crippen LogP contribution in [0.2, 0.25) is 0 Å². The molecule has 1 aromatic carbocycles. The fourth-order valence-corrected chi connectivity index (χ4v) is 4.41. The minimum atomic E-state index is 0.480. The molecule has 0 unspecified atom stereocenters. The van der Waals surface area contributed by atoms with E-state index in [1.807, 2.05) is 11.3 Å². The van der Waals surface area contributed by atoms with Gasteiger partial charge in [0, 0.05) is 32.2 Å². The molecule has 2 N–H and O–H groups in total. The smallest absolute Gasteiger partial charge is 0.191 e. The van der Waals surface area contributed by atoms with Crippen LogP contribution >= 0.6 is 11.3 Å². The monoisotopic (exact) mass is 413 g/mol. The molecule has 0 spiro atoms. The van der Waals surface area contributed by atoms with Gasteiger partial charge >= 0.3 is 0 Å². The second kappa shape index (κ2) is 11.2. The predicted molar refractivity (Wildman–Crippen MR) is 126 cm³/mol. The number of hydrogen-bond donors (Lipinski definition) is 2. The van der Waals surface area contributed by atoms with Gasteiger partial charge in [0.15, 0.2) is 5.96 Å². The molecule has 2 aromatic rings. The van der Waals surface area contributed by atoms with Crippen molar-refractivity contribution in [1.29, 1.82) is 0 Å². The first-order chi connectivity index (χ1) is 14.2. The summed E-state index contributed by atoms with van der Waals surface area (Å²) in [4.78, 5) is 9.66. The summed E-state index contributed by atoms with van der Waals surface area (Å²) in [5.41, 5.74) is 2.61. The molecule has 2 heterocycles. The summed E-state index contributed by atoms with van der Waals surface area (Å²) >= 11 is 1.83. The van der Waals surface area contributed by atoms with Crippen molar-refractivity contribution in [3.63, 3.8) is 0 Å². The van der Waals surface area contributed by atoms with Crippen LogP contribution in [0.25, 0.3) is 0 Å². The molecule has 5 nitrogen and oxygen atoms in total. The van der Waals surface area contributed by atoms with Crippen LogP contribution in [0.15, 0.2) is 46.8 Å². The van der Waals surface area contributed by atoms with Crippen LogP contribution in [0, 0.1) is 0 Å². The zero-order chi connectivity index (χ0) is 20.5. The molecule has 0 aliphatic carbocycles. The van der Waals surface area contributed by atoms with E-state index in [9.17, 15) is 0 Å². The third-order valence-corrected chi connectivity index (χ3v) is 6.33. The number of benzene rings is 1. The van der Waals surface area contributed by atoms with Gasteiger partial charge in [-0.3, -0.25) is 0 Å². The van der Waals surface area contributed by atoms with Crippen LogP contribution in [0.1, 0.15) is 37.8 Å². The molecule has 1 aliphatic heterocycles. The molecule has 6 heteroatoms. The first-order valence-electron chi connectivity index (χ1n) is 10.8. The van der Waals surface area contributed by atoms with E-state index in [-0.39, 0.29) is 0 Å². The van der Waals surface area contributed by atoms with E-state index in [0.717, 1.165) is 51.5 Å². The third-order valence-electron chi connectivity index (χ3n) is 5.40. The molecule has 3 rings (SSSR count). The Balaban J connectivity index is 1.54. The van der Waals surface area contributed by atoms with E-state index in [4.69, 9.17) is 4.99 Å². The van der Waals surface area contributed by atoms with Crippen LogP contribution in [-0.2, 0) is 13.1 Å². The second-order valence-corrected chi connectivity index (χ2v) is 8.63. The Labute approximate surface area is 179 Å². The zero-order valence-electron chi connectivity index (χ0n) is 18.0. The number of nitrogens with one attached hydrogen (secondary N) is 2. The van der Waals surface area contributed by atoms with Crippen LogP contribution in [0.3, 0.4) is 0 Å². The van der Waals surface area contributed by atoms with Crippen molar-refractivity contribution in [3.8, 4) is 0 Å². The third kappa shape index (κ3) is 6.75. The van der Waals surface area contributed by atoms with Crippen LogP contribution in [0.4, 0.5) is 5.00 Å². The summed E-state index contributed by atoms with van der Waals surface area (Å²) in [7, 11) is 2.15. The lowest BCUT2D eigenvalue weighted by molar-refractivity contribution is 0.345. The van der Waals surface area contributed by atoms with Gasteiger partial charge in [-0.05, 0) is 62.0 Å². The summed E-state index contributed by atoms with van der Waals surface area (Å²) < 4.78 is 0. The maximum absolute atomic E-state index is 4.86. The molecule has 0 saturated carbocycles. The van der Waals surface area contributed by atoms with Gasteiger partial charge in [0.25, 0.3) is 0 Å². The highest BCUT2D eigenvalue weighted by Crippen LogP contribution is 2.24. The van der Waals surface area contributed by atoms with E-state index in [2.05, 4.69) is 83.1 Å². The van der Waals surface area contributed by atoms with Gasteiger partial charge in [0.2, 0.25) is 0 Å². The van der Waals surface area contributed by atoms with Crippen LogP contribution < -0.4 is 15.5 Å². The lowest BCUT2D eigenvalue weighted by Crippen LogP contribution is -2.48. The van der Waals surface area contributed by atoms with Crippen molar-refractivity contribution >= 4 is 22.3 Å². The Kier molecular flexibility index (Phi) is 8.38. The van der Waals surface area contributed by atoms with Gasteiger partial charge < -0.3 is 20.4 Å². The molecular formula is C23H35N5S. The fraction of sp³-hybridized carbons (Fsp3) is 0.522. The number of guanidine groups is 1. The van der Waals surface area contributed by atoms with Gasteiger partial charge in [0.1, 0.15) is 0 Å². The quantitative estimate of drug-likeness (QED) is 0.508. The minimum absolute atomic E-state index is 0.480. The van der Waals surface area contributed by atoms with Crippen molar-refractivity contribution in [2.24, 2.45) is 4.99 Å². The zero-order valence-corrected chi connectivity index (χ0v) is 18.8. The van der Waals surface area contributed by atoms with Crippen LogP contribution in [0.5, 0.6) is 0 Å². The van der Waals surface area contributed by atoms with Gasteiger partial charge in [-0.15, -0.1) is 11.3 Å². The number of anilines is 1. The maximum Gasteiger partial charge on any atom is 0.191 e. The summed E-state index contributed by atoms with van der Waals surface area (Å²) in [6.07, 6.45) is 2.28. The molecule has 0 radical (unpaired) electrons. The lowest BCUT2D eigenvalue weighted by atomic mass is 10.1. The molecule has 158 valence electrons. The van der Waals surface area contributed by atoms with Crippen molar-refractivity contribution in [2.45, 2.75) is 45.8 Å². The Bertz CT molecular complexity index is 750. The summed E-state index contributed by atoms with van der Waals surface area (Å²) in [5, 5.41) is 10.6. The number of hydrogen-bond acceptors (Lipinski definition) is 4. The number of aliphatic imine (C=N–C) groups is 1. The highest BCUT2D eigenvalue weighted by molar-refractivity contribution is 7.14. The maximum atomic E-state index is 4.86. The number of nitrogens with zero attached hydrogens (tertiary/aromatic N) is 3. The molecule has 0 amide bonds. The summed E-state index contributed by atoms with van der Waals surface area (Å²) in [6, 6.07) is 13.6. The molecule has 0 atom stereocenters. The molecule has 1 aliphatic rings. The van der Waals surface area contributed by atoms with Gasteiger partial charge in [-0.1, -0.05) is 31.2 Å². The first kappa shape index (κ1) is 21.7. The van der Waals surface area contributed by atoms with Gasteiger partial charge in [-0.25, -0.2) is 4.99 Å². The fourth-order valence-electron chi connectivity index (χ4n) is 3.63. The lowest BCUT2D eigenvalue weighted by Gasteiger charge is -2.33. The Hall–Kier alpha value is -2.05. The summed E-state index contributed by atoms with van der Waals surface area (Å²) in [5.74, 6) is 0.929. The van der Waals surface area contributed by atoms with Crippen molar-refractivity contribution < 1.29 is 0 Å². The van der Waals surface area contributed by atoms with Crippen molar-refractivity contribution in [2.75, 3.05) is 38.1 Å². The first-order valence-corrected chi connectivity index (χ1v) is 11.7. The normalized spacial score (nSPS) is 15.7. The molecule has 1 saturated heterocycles. The van der Waals surface area contributed by atoms with Gasteiger partial charge in [-0.2, -0.15) is 0 Å². The number of rotatable bonds is 8. The van der Waals surface area contributed by atoms with Crippen molar-refractivity contribution in [3.05, 3.63) is 52.9 Å². The van der Waals surface area contributed by atoms with Crippen LogP contribution in [-0.4, -0.2) is 50.1 Å². The van der Waals surface area contributed by atoms with E-state index < -0.39 is 0 Å². The molecule has 0 bridgehead atoms. The average molecular weight is 414 g/mol. The highest BCUT2D eigenvalue weighted by Gasteiger charge is 2.20. The molecule has 1 aromatic heterocycles. The minimum Gasteiger partial charge on any atom is -0.363 e. The van der Waals surface area contributed by atoms with E-state index in [0.29, 0.717) is 12.6 Å². The Morgan fingerprint density at radius 1 is 1.17 bits per heavy atom. The van der Waals surface area contributed by atoms with E-state index >= 15 is 0 Å². The molecule has 1 fully saturated rings. The summed E-state index contributed by atoms with van der Waals surface area (Å²) in [6.45, 7) is 10.1. The second-order valence-electron chi connectivity index (χ2n) is 7.70. The molecule has 29 heavy (non-hydrogen) atoms. The van der Waals surface area contributed by atoms with Gasteiger partial charge in [0.05, 0.1) is 11.5 Å². The Morgan fingerprint density at radius 3 is 2.66 bits per heavy atom.